The van der Waals surface area contributed by atoms with Gasteiger partial charge in [0.2, 0.25) is 5.71 Å². The Labute approximate surface area is 188 Å². The van der Waals surface area contributed by atoms with Crippen LogP contribution in [0.3, 0.4) is 0 Å². The predicted molar refractivity (Wildman–Crippen MR) is 131 cm³/mol. The van der Waals surface area contributed by atoms with Crippen LogP contribution < -0.4 is 4.90 Å². The molecule has 4 heterocycles. The van der Waals surface area contributed by atoms with Crippen molar-refractivity contribution in [2.24, 2.45) is 0 Å². The van der Waals surface area contributed by atoms with Crippen molar-refractivity contribution in [3.8, 4) is 0 Å². The van der Waals surface area contributed by atoms with Gasteiger partial charge in [-0.15, -0.1) is 0 Å². The van der Waals surface area contributed by atoms with E-state index in [0.29, 0.717) is 5.71 Å². The molecule has 0 saturated heterocycles. The van der Waals surface area contributed by atoms with E-state index in [9.17, 15) is 0 Å². The van der Waals surface area contributed by atoms with Gasteiger partial charge >= 0.3 is 0 Å². The van der Waals surface area contributed by atoms with E-state index in [2.05, 4.69) is 34.1 Å². The molecular formula is C28H17N3O2. The molecule has 5 nitrogen and oxygen atoms in total. The Kier molecular flexibility index (Phi) is 3.78. The molecule has 0 radical (unpaired) electrons. The average molecular weight is 427 g/mol. The molecular weight excluding hydrogens is 410 g/mol. The topological polar surface area (TPSA) is 55.3 Å². The summed E-state index contributed by atoms with van der Waals surface area (Å²) in [5.41, 5.74) is 5.78. The highest BCUT2D eigenvalue weighted by atomic mass is 16.3. The van der Waals surface area contributed by atoms with Crippen LogP contribution >= 0.6 is 0 Å². The van der Waals surface area contributed by atoms with Crippen molar-refractivity contribution < 1.29 is 8.83 Å². The van der Waals surface area contributed by atoms with Gasteiger partial charge in [0.15, 0.2) is 5.58 Å². The molecule has 33 heavy (non-hydrogen) atoms. The summed E-state index contributed by atoms with van der Waals surface area (Å²) in [5, 5.41) is 3.01. The number of para-hydroxylation sites is 3. The second kappa shape index (κ2) is 6.93. The fraction of sp³-hybridized carbons (Fsp3) is 0. The van der Waals surface area contributed by atoms with Crippen molar-refractivity contribution in [1.82, 2.24) is 9.97 Å². The number of fused-ring (bicyclic) bond motifs is 6. The van der Waals surface area contributed by atoms with Crippen LogP contribution in [-0.4, -0.2) is 9.97 Å². The van der Waals surface area contributed by atoms with Gasteiger partial charge in [-0.25, -0.2) is 9.97 Å². The van der Waals surface area contributed by atoms with Crippen LogP contribution in [0.4, 0.5) is 17.2 Å². The molecule has 0 N–H and O–H groups in total. The molecule has 0 saturated carbocycles. The molecule has 0 aliphatic rings. The fourth-order valence-corrected chi connectivity index (χ4v) is 4.42. The third-order valence-corrected chi connectivity index (χ3v) is 5.93. The molecule has 0 atom stereocenters. The normalized spacial score (nSPS) is 11.6. The van der Waals surface area contributed by atoms with Gasteiger partial charge in [-0.3, -0.25) is 4.90 Å². The molecule has 0 aliphatic heterocycles. The molecule has 7 rings (SSSR count). The lowest BCUT2D eigenvalue weighted by molar-refractivity contribution is 0.654. The van der Waals surface area contributed by atoms with Crippen LogP contribution in [0.1, 0.15) is 0 Å². The smallest absolute Gasteiger partial charge is 0.227 e. The zero-order chi connectivity index (χ0) is 21.8. The van der Waals surface area contributed by atoms with Crippen molar-refractivity contribution in [3.63, 3.8) is 0 Å². The molecule has 4 aromatic heterocycles. The first kappa shape index (κ1) is 18.0. The first-order valence-corrected chi connectivity index (χ1v) is 10.8. The third kappa shape index (κ3) is 2.79. The van der Waals surface area contributed by atoms with Crippen LogP contribution in [0.15, 0.2) is 112 Å². The van der Waals surface area contributed by atoms with E-state index in [0.717, 1.165) is 55.6 Å². The summed E-state index contributed by atoms with van der Waals surface area (Å²) in [6.45, 7) is 0. The zero-order valence-electron chi connectivity index (χ0n) is 17.5. The SMILES string of the molecule is c1ccc(N(c2cnc3oc4ccccc4c3c2)c2ccc3oc4ccccc4c3n2)cc1. The number of benzene rings is 3. The van der Waals surface area contributed by atoms with E-state index >= 15 is 0 Å². The first-order valence-electron chi connectivity index (χ1n) is 10.8. The van der Waals surface area contributed by atoms with Gasteiger partial charge in [-0.05, 0) is 48.5 Å². The molecule has 0 fully saturated rings. The van der Waals surface area contributed by atoms with Gasteiger partial charge in [-0.1, -0.05) is 48.5 Å². The maximum absolute atomic E-state index is 5.99. The maximum atomic E-state index is 5.99. The summed E-state index contributed by atoms with van der Waals surface area (Å²) in [4.78, 5) is 11.8. The van der Waals surface area contributed by atoms with E-state index in [-0.39, 0.29) is 0 Å². The average Bonchev–Trinajstić information content (AvgIpc) is 3.43. The number of rotatable bonds is 3. The summed E-state index contributed by atoms with van der Waals surface area (Å²) in [6.07, 6.45) is 1.83. The van der Waals surface area contributed by atoms with Gasteiger partial charge < -0.3 is 8.83 Å². The number of aromatic nitrogens is 2. The molecule has 0 unspecified atom stereocenters. The van der Waals surface area contributed by atoms with Crippen LogP contribution in [0.5, 0.6) is 0 Å². The summed E-state index contributed by atoms with van der Waals surface area (Å²) < 4.78 is 11.9. The summed E-state index contributed by atoms with van der Waals surface area (Å²) in [7, 11) is 0. The van der Waals surface area contributed by atoms with Gasteiger partial charge in [0.1, 0.15) is 22.5 Å². The van der Waals surface area contributed by atoms with Crippen LogP contribution in [0.25, 0.3) is 44.1 Å². The zero-order valence-corrected chi connectivity index (χ0v) is 17.5. The van der Waals surface area contributed by atoms with Crippen molar-refractivity contribution in [2.75, 3.05) is 4.90 Å². The quantitative estimate of drug-likeness (QED) is 0.289. The lowest BCUT2D eigenvalue weighted by Crippen LogP contribution is -2.11. The number of furan rings is 2. The number of hydrogen-bond donors (Lipinski definition) is 0. The van der Waals surface area contributed by atoms with Crippen molar-refractivity contribution in [1.29, 1.82) is 0 Å². The number of pyridine rings is 2. The highest BCUT2D eigenvalue weighted by Gasteiger charge is 2.18. The molecule has 0 aliphatic carbocycles. The Balaban J connectivity index is 1.48. The second-order valence-corrected chi connectivity index (χ2v) is 7.93. The first-order chi connectivity index (χ1) is 16.3. The van der Waals surface area contributed by atoms with Crippen molar-refractivity contribution >= 4 is 61.3 Å². The Morgan fingerprint density at radius 1 is 0.576 bits per heavy atom. The van der Waals surface area contributed by atoms with E-state index in [1.807, 2.05) is 79.0 Å². The van der Waals surface area contributed by atoms with Gasteiger partial charge in [0, 0.05) is 16.5 Å². The van der Waals surface area contributed by atoms with Gasteiger partial charge in [0.25, 0.3) is 0 Å². The molecule has 156 valence electrons. The Hall–Kier alpha value is -4.64. The standard InChI is InChI=1S/C28H17N3O2/c1-2-8-18(9-3-1)31(19-16-22-20-10-4-6-12-23(20)33-28(22)29-17-19)26-15-14-25-27(30-26)21-11-5-7-13-24(21)32-25/h1-17H. The number of anilines is 3. The van der Waals surface area contributed by atoms with E-state index in [1.54, 1.807) is 0 Å². The van der Waals surface area contributed by atoms with Crippen molar-refractivity contribution in [2.45, 2.75) is 0 Å². The Morgan fingerprint density at radius 3 is 2.15 bits per heavy atom. The molecule has 0 bridgehead atoms. The lowest BCUT2D eigenvalue weighted by atomic mass is 10.1. The van der Waals surface area contributed by atoms with E-state index < -0.39 is 0 Å². The van der Waals surface area contributed by atoms with E-state index in [1.165, 1.54) is 0 Å². The minimum absolute atomic E-state index is 0.622. The van der Waals surface area contributed by atoms with Gasteiger partial charge in [0.05, 0.1) is 17.3 Å². The minimum atomic E-state index is 0.622. The predicted octanol–water partition coefficient (Wildman–Crippen LogP) is 7.75. The molecule has 7 aromatic rings. The highest BCUT2D eigenvalue weighted by molar-refractivity contribution is 6.05. The minimum Gasteiger partial charge on any atom is -0.454 e. The highest BCUT2D eigenvalue weighted by Crippen LogP contribution is 2.38. The number of hydrogen-bond acceptors (Lipinski definition) is 5. The molecule has 3 aromatic carbocycles. The van der Waals surface area contributed by atoms with Gasteiger partial charge in [-0.2, -0.15) is 0 Å². The molecule has 0 spiro atoms. The van der Waals surface area contributed by atoms with E-state index in [4.69, 9.17) is 13.8 Å². The summed E-state index contributed by atoms with van der Waals surface area (Å²) >= 11 is 0. The maximum Gasteiger partial charge on any atom is 0.227 e. The molecule has 0 amide bonds. The Morgan fingerprint density at radius 2 is 1.30 bits per heavy atom. The second-order valence-electron chi connectivity index (χ2n) is 7.93. The summed E-state index contributed by atoms with van der Waals surface area (Å²) in [5.74, 6) is 0.786. The van der Waals surface area contributed by atoms with Crippen molar-refractivity contribution in [3.05, 3.63) is 103 Å². The monoisotopic (exact) mass is 427 g/mol. The largest absolute Gasteiger partial charge is 0.454 e. The lowest BCUT2D eigenvalue weighted by Gasteiger charge is -2.23. The molecule has 5 heteroatoms. The fourth-order valence-electron chi connectivity index (χ4n) is 4.42. The third-order valence-electron chi connectivity index (χ3n) is 5.93. The Bertz CT molecular complexity index is 1670. The van der Waals surface area contributed by atoms with Crippen LogP contribution in [0, 0.1) is 0 Å². The number of nitrogens with zero attached hydrogens (tertiary/aromatic N) is 3. The van der Waals surface area contributed by atoms with Crippen LogP contribution in [0.2, 0.25) is 0 Å². The van der Waals surface area contributed by atoms with Crippen LogP contribution in [-0.2, 0) is 0 Å². The summed E-state index contributed by atoms with van der Waals surface area (Å²) in [6, 6.07) is 32.2.